The average Bonchev–Trinajstić information content (AvgIpc) is 3.02. The minimum atomic E-state index is 0.0276. The summed E-state index contributed by atoms with van der Waals surface area (Å²) in [7, 11) is 0. The molecular weight excluding hydrogens is 248 g/mol. The molecule has 3 aliphatic heterocycles. The lowest BCUT2D eigenvalue weighted by molar-refractivity contribution is -0.136. The molecule has 0 N–H and O–H groups in total. The highest BCUT2D eigenvalue weighted by Crippen LogP contribution is 2.41. The number of hydrogen-bond acceptors (Lipinski definition) is 4. The van der Waals surface area contributed by atoms with E-state index in [1.165, 1.54) is 5.75 Å². The first-order chi connectivity index (χ1) is 8.77. The summed E-state index contributed by atoms with van der Waals surface area (Å²) in [4.78, 5) is 12.4. The number of Topliss-reactive ketones (excluding diaryl/α,β-unsaturated/α-hetero) is 1. The van der Waals surface area contributed by atoms with Crippen LogP contribution in [0, 0.1) is 5.92 Å². The summed E-state index contributed by atoms with van der Waals surface area (Å²) in [5.74, 6) is 2.91. The van der Waals surface area contributed by atoms with Crippen molar-refractivity contribution in [1.29, 1.82) is 0 Å². The number of carbonyl (C=O) groups excluding carboxylic acids is 1. The Morgan fingerprint density at radius 2 is 2.28 bits per heavy atom. The average molecular weight is 270 g/mol. The highest BCUT2D eigenvalue weighted by atomic mass is 32.2. The van der Waals surface area contributed by atoms with Crippen molar-refractivity contribution in [2.45, 2.75) is 50.2 Å². The minimum Gasteiger partial charge on any atom is -0.378 e. The van der Waals surface area contributed by atoms with Crippen LogP contribution in [0.2, 0.25) is 0 Å². The third kappa shape index (κ3) is 2.75. The summed E-state index contributed by atoms with van der Waals surface area (Å²) in [5.41, 5.74) is 0.0276. The first kappa shape index (κ1) is 12.9. The highest BCUT2D eigenvalue weighted by Gasteiger charge is 2.42. The fraction of sp³-hybridized carbons (Fsp3) is 0.929. The van der Waals surface area contributed by atoms with E-state index in [1.54, 1.807) is 0 Å². The predicted molar refractivity (Wildman–Crippen MR) is 71.9 cm³/mol. The first-order valence-electron chi connectivity index (χ1n) is 7.13. The van der Waals surface area contributed by atoms with Crippen LogP contribution in [0.15, 0.2) is 0 Å². The lowest BCUT2D eigenvalue weighted by atomic mass is 9.81. The van der Waals surface area contributed by atoms with Crippen LogP contribution in [0.3, 0.4) is 0 Å². The van der Waals surface area contributed by atoms with E-state index in [-0.39, 0.29) is 17.6 Å². The number of ketones is 1. The van der Waals surface area contributed by atoms with Crippen LogP contribution < -0.4 is 0 Å². The Morgan fingerprint density at radius 3 is 3.00 bits per heavy atom. The standard InChI is InChI=1S/C14H22O3S/c15-13(8-12-2-1-5-16-12)11-3-6-17-14(9-11)4-7-18-10-14/h11-12H,1-10H2. The van der Waals surface area contributed by atoms with Gasteiger partial charge in [-0.05, 0) is 37.9 Å². The van der Waals surface area contributed by atoms with Gasteiger partial charge in [-0.1, -0.05) is 0 Å². The van der Waals surface area contributed by atoms with Gasteiger partial charge in [-0.3, -0.25) is 4.79 Å². The Labute approximate surface area is 113 Å². The van der Waals surface area contributed by atoms with Gasteiger partial charge in [-0.25, -0.2) is 0 Å². The zero-order valence-corrected chi connectivity index (χ0v) is 11.7. The SMILES string of the molecule is O=C(CC1CCCO1)C1CCOC2(CCSC2)C1. The van der Waals surface area contributed by atoms with Gasteiger partial charge in [0.2, 0.25) is 0 Å². The molecule has 0 saturated carbocycles. The largest absolute Gasteiger partial charge is 0.378 e. The van der Waals surface area contributed by atoms with Crippen LogP contribution in [0.1, 0.15) is 38.5 Å². The minimum absolute atomic E-state index is 0.0276. The van der Waals surface area contributed by atoms with Crippen molar-refractivity contribution < 1.29 is 14.3 Å². The molecule has 102 valence electrons. The van der Waals surface area contributed by atoms with E-state index in [4.69, 9.17) is 9.47 Å². The Kier molecular flexibility index (Phi) is 3.97. The van der Waals surface area contributed by atoms with Crippen LogP contribution in [-0.4, -0.2) is 42.2 Å². The van der Waals surface area contributed by atoms with Crippen LogP contribution in [0.5, 0.6) is 0 Å². The maximum atomic E-state index is 12.4. The Balaban J connectivity index is 1.56. The van der Waals surface area contributed by atoms with Gasteiger partial charge in [-0.2, -0.15) is 11.8 Å². The van der Waals surface area contributed by atoms with Crippen molar-refractivity contribution in [3.05, 3.63) is 0 Å². The molecular formula is C14H22O3S. The molecule has 4 heteroatoms. The maximum absolute atomic E-state index is 12.4. The molecule has 0 radical (unpaired) electrons. The van der Waals surface area contributed by atoms with Crippen LogP contribution in [0.4, 0.5) is 0 Å². The van der Waals surface area contributed by atoms with Crippen LogP contribution >= 0.6 is 11.8 Å². The van der Waals surface area contributed by atoms with E-state index in [0.29, 0.717) is 12.2 Å². The third-order valence-electron chi connectivity index (χ3n) is 4.47. The maximum Gasteiger partial charge on any atom is 0.138 e. The van der Waals surface area contributed by atoms with E-state index in [0.717, 1.165) is 51.1 Å². The van der Waals surface area contributed by atoms with E-state index in [2.05, 4.69) is 0 Å². The molecule has 0 aliphatic carbocycles. The number of ether oxygens (including phenoxy) is 2. The molecule has 0 bridgehead atoms. The zero-order valence-electron chi connectivity index (χ0n) is 10.9. The monoisotopic (exact) mass is 270 g/mol. The van der Waals surface area contributed by atoms with Gasteiger partial charge in [0.25, 0.3) is 0 Å². The summed E-state index contributed by atoms with van der Waals surface area (Å²) >= 11 is 1.97. The molecule has 3 saturated heterocycles. The molecule has 0 amide bonds. The van der Waals surface area contributed by atoms with E-state index in [1.807, 2.05) is 11.8 Å². The summed E-state index contributed by atoms with van der Waals surface area (Å²) < 4.78 is 11.5. The van der Waals surface area contributed by atoms with Gasteiger partial charge in [0.1, 0.15) is 5.78 Å². The predicted octanol–water partition coefficient (Wildman–Crippen LogP) is 2.43. The second-order valence-corrected chi connectivity index (χ2v) is 6.93. The van der Waals surface area contributed by atoms with Crippen molar-refractivity contribution in [3.63, 3.8) is 0 Å². The lowest BCUT2D eigenvalue weighted by Crippen LogP contribution is -2.42. The number of thioether (sulfide) groups is 1. The lowest BCUT2D eigenvalue weighted by Gasteiger charge is -2.37. The molecule has 0 aromatic heterocycles. The Bertz CT molecular complexity index is 306. The first-order valence-corrected chi connectivity index (χ1v) is 8.29. The van der Waals surface area contributed by atoms with E-state index >= 15 is 0 Å². The van der Waals surface area contributed by atoms with Gasteiger partial charge >= 0.3 is 0 Å². The Hall–Kier alpha value is -0.0600. The van der Waals surface area contributed by atoms with Crippen molar-refractivity contribution in [3.8, 4) is 0 Å². The van der Waals surface area contributed by atoms with Crippen LogP contribution in [0.25, 0.3) is 0 Å². The normalized spacial score (nSPS) is 40.4. The number of rotatable bonds is 3. The zero-order chi connectivity index (χ0) is 12.4. The van der Waals surface area contributed by atoms with Gasteiger partial charge in [0.15, 0.2) is 0 Å². The number of hydrogen-bond donors (Lipinski definition) is 0. The van der Waals surface area contributed by atoms with Gasteiger partial charge < -0.3 is 9.47 Å². The van der Waals surface area contributed by atoms with E-state index in [9.17, 15) is 4.79 Å². The number of carbonyl (C=O) groups is 1. The third-order valence-corrected chi connectivity index (χ3v) is 5.69. The fourth-order valence-corrected chi connectivity index (χ4v) is 4.74. The second-order valence-electron chi connectivity index (χ2n) is 5.83. The molecule has 3 nitrogen and oxygen atoms in total. The van der Waals surface area contributed by atoms with E-state index < -0.39 is 0 Å². The highest BCUT2D eigenvalue weighted by molar-refractivity contribution is 7.99. The molecule has 3 rings (SSSR count). The van der Waals surface area contributed by atoms with Gasteiger partial charge in [0, 0.05) is 31.3 Å². The molecule has 0 aromatic rings. The molecule has 3 atom stereocenters. The van der Waals surface area contributed by atoms with Gasteiger partial charge in [-0.15, -0.1) is 0 Å². The molecule has 3 aliphatic rings. The van der Waals surface area contributed by atoms with Crippen molar-refractivity contribution in [2.75, 3.05) is 24.7 Å². The summed E-state index contributed by atoms with van der Waals surface area (Å²) in [6.07, 6.45) is 6.01. The molecule has 3 unspecified atom stereocenters. The summed E-state index contributed by atoms with van der Waals surface area (Å²) in [5, 5.41) is 0. The second kappa shape index (κ2) is 5.51. The molecule has 3 fully saturated rings. The molecule has 3 heterocycles. The van der Waals surface area contributed by atoms with Crippen molar-refractivity contribution in [1.82, 2.24) is 0 Å². The van der Waals surface area contributed by atoms with Crippen LogP contribution in [-0.2, 0) is 14.3 Å². The fourth-order valence-electron chi connectivity index (χ4n) is 3.36. The topological polar surface area (TPSA) is 35.5 Å². The smallest absolute Gasteiger partial charge is 0.138 e. The van der Waals surface area contributed by atoms with Crippen molar-refractivity contribution >= 4 is 17.5 Å². The molecule has 1 spiro atoms. The summed E-state index contributed by atoms with van der Waals surface area (Å²) in [6, 6.07) is 0. The summed E-state index contributed by atoms with van der Waals surface area (Å²) in [6.45, 7) is 1.61. The van der Waals surface area contributed by atoms with Crippen molar-refractivity contribution in [2.24, 2.45) is 5.92 Å². The Morgan fingerprint density at radius 1 is 1.33 bits per heavy atom. The quantitative estimate of drug-likeness (QED) is 0.789. The molecule has 0 aromatic carbocycles. The van der Waals surface area contributed by atoms with Gasteiger partial charge in [0.05, 0.1) is 11.7 Å². The molecule has 18 heavy (non-hydrogen) atoms.